The SMILES string of the molecule is CCOc1ccc(C(=O)N2CCC(NC(=O)c3cc(Br)ccc3Cl)CC2)cc1. The molecule has 2 aromatic rings. The Hall–Kier alpha value is -2.05. The van der Waals surface area contributed by atoms with Gasteiger partial charge in [0.15, 0.2) is 0 Å². The summed E-state index contributed by atoms with van der Waals surface area (Å²) in [4.78, 5) is 27.0. The largest absolute Gasteiger partial charge is 0.494 e. The minimum absolute atomic E-state index is 0.00265. The van der Waals surface area contributed by atoms with Gasteiger partial charge in [-0.2, -0.15) is 0 Å². The van der Waals surface area contributed by atoms with Crippen molar-refractivity contribution in [1.82, 2.24) is 10.2 Å². The summed E-state index contributed by atoms with van der Waals surface area (Å²) in [6, 6.07) is 12.4. The van der Waals surface area contributed by atoms with Crippen LogP contribution in [0.25, 0.3) is 0 Å². The van der Waals surface area contributed by atoms with Crippen LogP contribution in [0, 0.1) is 0 Å². The topological polar surface area (TPSA) is 58.6 Å². The van der Waals surface area contributed by atoms with Crippen molar-refractivity contribution in [1.29, 1.82) is 0 Å². The van der Waals surface area contributed by atoms with Crippen LogP contribution in [0.2, 0.25) is 5.02 Å². The molecule has 0 unspecified atom stereocenters. The van der Waals surface area contributed by atoms with Gasteiger partial charge in [-0.3, -0.25) is 9.59 Å². The van der Waals surface area contributed by atoms with Crippen LogP contribution in [0.5, 0.6) is 5.75 Å². The van der Waals surface area contributed by atoms with Crippen molar-refractivity contribution in [2.75, 3.05) is 19.7 Å². The number of rotatable bonds is 5. The molecular weight excluding hydrogens is 444 g/mol. The first-order valence-corrected chi connectivity index (χ1v) is 10.4. The molecule has 0 spiro atoms. The Bertz CT molecular complexity index is 849. The number of halogens is 2. The van der Waals surface area contributed by atoms with Gasteiger partial charge in [0.1, 0.15) is 5.75 Å². The Balaban J connectivity index is 1.54. The van der Waals surface area contributed by atoms with Crippen molar-refractivity contribution in [2.24, 2.45) is 0 Å². The van der Waals surface area contributed by atoms with Crippen molar-refractivity contribution in [2.45, 2.75) is 25.8 Å². The second-order valence-electron chi connectivity index (χ2n) is 6.62. The van der Waals surface area contributed by atoms with E-state index in [2.05, 4.69) is 21.2 Å². The van der Waals surface area contributed by atoms with Gasteiger partial charge in [0.05, 0.1) is 17.2 Å². The normalized spacial score (nSPS) is 14.6. The zero-order valence-electron chi connectivity index (χ0n) is 15.6. The molecule has 7 heteroatoms. The molecule has 1 aliphatic heterocycles. The van der Waals surface area contributed by atoms with Gasteiger partial charge in [-0.05, 0) is 62.2 Å². The van der Waals surface area contributed by atoms with Gasteiger partial charge in [-0.1, -0.05) is 27.5 Å². The predicted molar refractivity (Wildman–Crippen MR) is 113 cm³/mol. The smallest absolute Gasteiger partial charge is 0.253 e. The lowest BCUT2D eigenvalue weighted by Crippen LogP contribution is -2.46. The first-order chi connectivity index (χ1) is 13.5. The molecule has 1 heterocycles. The second-order valence-corrected chi connectivity index (χ2v) is 7.94. The number of carbonyl (C=O) groups excluding carboxylic acids is 2. The highest BCUT2D eigenvalue weighted by Crippen LogP contribution is 2.22. The molecule has 0 aliphatic carbocycles. The van der Waals surface area contributed by atoms with E-state index in [0.717, 1.165) is 10.2 Å². The van der Waals surface area contributed by atoms with E-state index in [0.29, 0.717) is 48.7 Å². The molecule has 5 nitrogen and oxygen atoms in total. The van der Waals surface area contributed by atoms with E-state index >= 15 is 0 Å². The predicted octanol–water partition coefficient (Wildman–Crippen LogP) is 4.54. The highest BCUT2D eigenvalue weighted by atomic mass is 79.9. The van der Waals surface area contributed by atoms with E-state index < -0.39 is 0 Å². The van der Waals surface area contributed by atoms with Crippen molar-refractivity contribution in [3.63, 3.8) is 0 Å². The summed E-state index contributed by atoms with van der Waals surface area (Å²) in [5.41, 5.74) is 1.09. The summed E-state index contributed by atoms with van der Waals surface area (Å²) in [6.45, 7) is 3.72. The minimum atomic E-state index is -0.192. The van der Waals surface area contributed by atoms with Gasteiger partial charge in [0.25, 0.3) is 11.8 Å². The lowest BCUT2D eigenvalue weighted by Gasteiger charge is -2.32. The maximum absolute atomic E-state index is 12.7. The Morgan fingerprint density at radius 2 is 1.86 bits per heavy atom. The van der Waals surface area contributed by atoms with Crippen LogP contribution in [0.1, 0.15) is 40.5 Å². The number of hydrogen-bond acceptors (Lipinski definition) is 3. The van der Waals surface area contributed by atoms with E-state index in [9.17, 15) is 9.59 Å². The van der Waals surface area contributed by atoms with Crippen molar-refractivity contribution in [3.05, 3.63) is 63.1 Å². The van der Waals surface area contributed by atoms with E-state index in [1.807, 2.05) is 24.0 Å². The van der Waals surface area contributed by atoms with Crippen molar-refractivity contribution >= 4 is 39.3 Å². The Morgan fingerprint density at radius 3 is 2.50 bits per heavy atom. The Kier molecular flexibility index (Phi) is 6.97. The van der Waals surface area contributed by atoms with Crippen LogP contribution < -0.4 is 10.1 Å². The zero-order valence-corrected chi connectivity index (χ0v) is 17.9. The van der Waals surface area contributed by atoms with E-state index in [1.165, 1.54) is 0 Å². The molecule has 2 amide bonds. The molecule has 0 radical (unpaired) electrons. The molecule has 2 aromatic carbocycles. The molecule has 3 rings (SSSR count). The number of piperidine rings is 1. The molecular formula is C21H22BrClN2O3. The molecule has 1 fully saturated rings. The fraction of sp³-hybridized carbons (Fsp3) is 0.333. The van der Waals surface area contributed by atoms with E-state index in [4.69, 9.17) is 16.3 Å². The lowest BCUT2D eigenvalue weighted by molar-refractivity contribution is 0.0698. The third kappa shape index (κ3) is 5.06. The Labute approximate surface area is 178 Å². The maximum atomic E-state index is 12.7. The number of ether oxygens (including phenoxy) is 1. The van der Waals surface area contributed by atoms with Crippen LogP contribution >= 0.6 is 27.5 Å². The molecule has 1 N–H and O–H groups in total. The zero-order chi connectivity index (χ0) is 20.1. The Morgan fingerprint density at radius 1 is 1.18 bits per heavy atom. The molecule has 0 saturated carbocycles. The van der Waals surface area contributed by atoms with Crippen LogP contribution in [-0.2, 0) is 0 Å². The molecule has 28 heavy (non-hydrogen) atoms. The second kappa shape index (κ2) is 9.43. The number of likely N-dealkylation sites (tertiary alicyclic amines) is 1. The summed E-state index contributed by atoms with van der Waals surface area (Å²) in [6.07, 6.45) is 1.42. The number of nitrogens with one attached hydrogen (secondary N) is 1. The van der Waals surface area contributed by atoms with Gasteiger partial charge < -0.3 is 15.0 Å². The van der Waals surface area contributed by atoms with Gasteiger partial charge in [-0.25, -0.2) is 0 Å². The minimum Gasteiger partial charge on any atom is -0.494 e. The number of nitrogens with zero attached hydrogens (tertiary/aromatic N) is 1. The molecule has 1 saturated heterocycles. The van der Waals surface area contributed by atoms with Crippen LogP contribution in [0.15, 0.2) is 46.9 Å². The van der Waals surface area contributed by atoms with E-state index in [-0.39, 0.29) is 17.9 Å². The van der Waals surface area contributed by atoms with Crippen molar-refractivity contribution in [3.8, 4) is 5.75 Å². The van der Waals surface area contributed by atoms with Gasteiger partial charge in [0, 0.05) is 29.2 Å². The first kappa shape index (κ1) is 20.7. The fourth-order valence-electron chi connectivity index (χ4n) is 3.20. The molecule has 0 aromatic heterocycles. The number of hydrogen-bond donors (Lipinski definition) is 1. The third-order valence-electron chi connectivity index (χ3n) is 4.70. The van der Waals surface area contributed by atoms with Gasteiger partial charge in [-0.15, -0.1) is 0 Å². The number of benzene rings is 2. The molecule has 0 bridgehead atoms. The molecule has 1 aliphatic rings. The van der Waals surface area contributed by atoms with Crippen LogP contribution in [0.3, 0.4) is 0 Å². The standard InChI is InChI=1S/C21H22BrClN2O3/c1-2-28-17-6-3-14(4-7-17)21(27)25-11-9-16(10-12-25)24-20(26)18-13-15(22)5-8-19(18)23/h3-8,13,16H,2,9-12H2,1H3,(H,24,26). The summed E-state index contributed by atoms with van der Waals surface area (Å²) >= 11 is 9.49. The number of carbonyl (C=O) groups is 2. The van der Waals surface area contributed by atoms with Crippen molar-refractivity contribution < 1.29 is 14.3 Å². The van der Waals surface area contributed by atoms with Crippen LogP contribution in [0.4, 0.5) is 0 Å². The highest BCUT2D eigenvalue weighted by Gasteiger charge is 2.25. The summed E-state index contributed by atoms with van der Waals surface area (Å²) in [5, 5.41) is 3.45. The summed E-state index contributed by atoms with van der Waals surface area (Å²) in [7, 11) is 0. The highest BCUT2D eigenvalue weighted by molar-refractivity contribution is 9.10. The van der Waals surface area contributed by atoms with Gasteiger partial charge >= 0.3 is 0 Å². The maximum Gasteiger partial charge on any atom is 0.253 e. The van der Waals surface area contributed by atoms with Crippen LogP contribution in [-0.4, -0.2) is 42.5 Å². The van der Waals surface area contributed by atoms with Gasteiger partial charge in [0.2, 0.25) is 0 Å². The third-order valence-corrected chi connectivity index (χ3v) is 5.53. The lowest BCUT2D eigenvalue weighted by atomic mass is 10.0. The average molecular weight is 466 g/mol. The van der Waals surface area contributed by atoms with E-state index in [1.54, 1.807) is 30.3 Å². The average Bonchev–Trinajstić information content (AvgIpc) is 2.70. The molecule has 148 valence electrons. The molecule has 0 atom stereocenters. The number of amides is 2. The monoisotopic (exact) mass is 464 g/mol. The first-order valence-electron chi connectivity index (χ1n) is 9.26. The summed E-state index contributed by atoms with van der Waals surface area (Å²) in [5.74, 6) is 0.567. The quantitative estimate of drug-likeness (QED) is 0.705. The fourth-order valence-corrected chi connectivity index (χ4v) is 3.77. The summed E-state index contributed by atoms with van der Waals surface area (Å²) < 4.78 is 6.22.